The van der Waals surface area contributed by atoms with E-state index in [2.05, 4.69) is 24.5 Å². The summed E-state index contributed by atoms with van der Waals surface area (Å²) in [6, 6.07) is 15.7. The third kappa shape index (κ3) is 5.99. The molecule has 1 saturated carbocycles. The molecule has 2 aromatic carbocycles. The van der Waals surface area contributed by atoms with Crippen molar-refractivity contribution < 1.29 is 4.79 Å². The van der Waals surface area contributed by atoms with Gasteiger partial charge in [-0.25, -0.2) is 0 Å². The first kappa shape index (κ1) is 21.7. The lowest BCUT2D eigenvalue weighted by molar-refractivity contribution is 0.0948. The minimum atomic E-state index is 0.0464. The Balaban J connectivity index is 1.42. The van der Waals surface area contributed by atoms with Crippen molar-refractivity contribution in [1.29, 1.82) is 0 Å². The summed E-state index contributed by atoms with van der Waals surface area (Å²) in [6.45, 7) is 7.34. The third-order valence-corrected chi connectivity index (χ3v) is 6.66. The molecule has 2 N–H and O–H groups in total. The molecule has 0 heterocycles. The molecule has 3 rings (SSSR count). The topological polar surface area (TPSA) is 41.1 Å². The number of nitrogens with one attached hydrogen (secondary N) is 2. The zero-order chi connectivity index (χ0) is 20.9. The molecule has 0 saturated heterocycles. The predicted molar refractivity (Wildman–Crippen MR) is 123 cm³/mol. The Morgan fingerprint density at radius 1 is 1.03 bits per heavy atom. The lowest BCUT2D eigenvalue weighted by Gasteiger charge is -2.40. The molecule has 2 aromatic rings. The van der Waals surface area contributed by atoms with E-state index >= 15 is 0 Å². The highest BCUT2D eigenvalue weighted by atomic mass is 35.5. The van der Waals surface area contributed by atoms with Gasteiger partial charge in [0.1, 0.15) is 0 Å². The van der Waals surface area contributed by atoms with Gasteiger partial charge >= 0.3 is 0 Å². The van der Waals surface area contributed by atoms with E-state index in [0.717, 1.165) is 34.8 Å². The molecular weight excluding hydrogens is 380 g/mol. The highest BCUT2D eigenvalue weighted by Gasteiger charge is 2.33. The van der Waals surface area contributed by atoms with Crippen LogP contribution in [0.1, 0.15) is 61.9 Å². The van der Waals surface area contributed by atoms with Crippen LogP contribution in [0.3, 0.4) is 0 Å². The number of benzene rings is 2. The summed E-state index contributed by atoms with van der Waals surface area (Å²) in [6.07, 6.45) is 5.98. The van der Waals surface area contributed by atoms with Crippen LogP contribution in [0.2, 0.25) is 5.02 Å². The van der Waals surface area contributed by atoms with Crippen molar-refractivity contribution in [2.24, 2.45) is 11.8 Å². The average Bonchev–Trinajstić information content (AvgIpc) is 2.70. The SMILES string of the molecule is Cc1ccccc1C(=O)NCCC1CCC(C(C)(C)Nc2ccc(Cl)cc2)CC1. The van der Waals surface area contributed by atoms with Crippen LogP contribution in [0.25, 0.3) is 0 Å². The normalized spacial score (nSPS) is 19.6. The first-order valence-corrected chi connectivity index (χ1v) is 11.1. The zero-order valence-corrected chi connectivity index (χ0v) is 18.6. The number of anilines is 1. The lowest BCUT2D eigenvalue weighted by atomic mass is 9.72. The second-order valence-electron chi connectivity index (χ2n) is 8.93. The maximum Gasteiger partial charge on any atom is 0.251 e. The van der Waals surface area contributed by atoms with E-state index in [1.54, 1.807) is 0 Å². The van der Waals surface area contributed by atoms with Gasteiger partial charge in [0.05, 0.1) is 0 Å². The molecule has 0 aliphatic heterocycles. The highest BCUT2D eigenvalue weighted by molar-refractivity contribution is 6.30. The van der Waals surface area contributed by atoms with Gasteiger partial charge in [0.2, 0.25) is 0 Å². The quantitative estimate of drug-likeness (QED) is 0.547. The van der Waals surface area contributed by atoms with Gasteiger partial charge < -0.3 is 10.6 Å². The number of hydrogen-bond acceptors (Lipinski definition) is 2. The van der Waals surface area contributed by atoms with Gasteiger partial charge in [-0.1, -0.05) is 42.6 Å². The Morgan fingerprint density at radius 2 is 1.69 bits per heavy atom. The number of rotatable bonds is 7. The van der Waals surface area contributed by atoms with Crippen LogP contribution in [0, 0.1) is 18.8 Å². The molecule has 156 valence electrons. The molecule has 1 aliphatic rings. The van der Waals surface area contributed by atoms with E-state index in [1.165, 1.54) is 25.7 Å². The largest absolute Gasteiger partial charge is 0.380 e. The van der Waals surface area contributed by atoms with E-state index in [-0.39, 0.29) is 11.4 Å². The molecular formula is C25H33ClN2O. The standard InChI is InChI=1S/C25H33ClN2O/c1-18-6-4-5-7-23(18)24(29)27-17-16-19-8-10-20(11-9-19)25(2,3)28-22-14-12-21(26)13-15-22/h4-7,12-15,19-20,28H,8-11,16-17H2,1-3H3,(H,27,29). The average molecular weight is 413 g/mol. The summed E-state index contributed by atoms with van der Waals surface area (Å²) in [5.41, 5.74) is 2.99. The Labute approximate surface area is 180 Å². The van der Waals surface area contributed by atoms with E-state index < -0.39 is 0 Å². The number of carbonyl (C=O) groups excluding carboxylic acids is 1. The number of amides is 1. The number of aryl methyl sites for hydroxylation is 1. The van der Waals surface area contributed by atoms with Crippen molar-refractivity contribution in [3.63, 3.8) is 0 Å². The number of halogens is 1. The Morgan fingerprint density at radius 3 is 2.34 bits per heavy atom. The van der Waals surface area contributed by atoms with Gasteiger partial charge in [-0.15, -0.1) is 0 Å². The van der Waals surface area contributed by atoms with Crippen molar-refractivity contribution in [1.82, 2.24) is 5.32 Å². The number of carbonyl (C=O) groups is 1. The van der Waals surface area contributed by atoms with Crippen LogP contribution in [-0.4, -0.2) is 18.0 Å². The van der Waals surface area contributed by atoms with Crippen molar-refractivity contribution >= 4 is 23.2 Å². The van der Waals surface area contributed by atoms with Gasteiger partial charge in [-0.2, -0.15) is 0 Å². The van der Waals surface area contributed by atoms with Crippen LogP contribution in [0.5, 0.6) is 0 Å². The summed E-state index contributed by atoms with van der Waals surface area (Å²) in [4.78, 5) is 12.4. The first-order chi connectivity index (χ1) is 13.8. The fourth-order valence-corrected chi connectivity index (χ4v) is 4.62. The molecule has 0 bridgehead atoms. The van der Waals surface area contributed by atoms with E-state index in [4.69, 9.17) is 11.6 Å². The second-order valence-corrected chi connectivity index (χ2v) is 9.37. The lowest BCUT2D eigenvalue weighted by Crippen LogP contribution is -2.41. The van der Waals surface area contributed by atoms with Crippen LogP contribution in [-0.2, 0) is 0 Å². The minimum absolute atomic E-state index is 0.0464. The molecule has 0 spiro atoms. The van der Waals surface area contributed by atoms with Gasteiger partial charge in [0.15, 0.2) is 0 Å². The number of hydrogen-bond donors (Lipinski definition) is 2. The fraction of sp³-hybridized carbons (Fsp3) is 0.480. The molecule has 3 nitrogen and oxygen atoms in total. The predicted octanol–water partition coefficient (Wildman–Crippen LogP) is 6.47. The van der Waals surface area contributed by atoms with Crippen LogP contribution < -0.4 is 10.6 Å². The van der Waals surface area contributed by atoms with Crippen molar-refractivity contribution in [2.45, 2.75) is 58.4 Å². The van der Waals surface area contributed by atoms with E-state index in [0.29, 0.717) is 11.8 Å². The maximum atomic E-state index is 12.4. The minimum Gasteiger partial charge on any atom is -0.380 e. The van der Waals surface area contributed by atoms with Gasteiger partial charge in [-0.05, 0) is 87.8 Å². The monoisotopic (exact) mass is 412 g/mol. The summed E-state index contributed by atoms with van der Waals surface area (Å²) < 4.78 is 0. The summed E-state index contributed by atoms with van der Waals surface area (Å²) in [5.74, 6) is 1.40. The molecule has 1 amide bonds. The first-order valence-electron chi connectivity index (χ1n) is 10.7. The van der Waals surface area contributed by atoms with Gasteiger partial charge in [0, 0.05) is 28.4 Å². The van der Waals surface area contributed by atoms with Crippen LogP contribution in [0.4, 0.5) is 5.69 Å². The third-order valence-electron chi connectivity index (χ3n) is 6.41. The van der Waals surface area contributed by atoms with Crippen molar-refractivity contribution in [3.8, 4) is 0 Å². The second kappa shape index (κ2) is 9.67. The molecule has 0 unspecified atom stereocenters. The van der Waals surface area contributed by atoms with E-state index in [1.807, 2.05) is 55.5 Å². The summed E-state index contributed by atoms with van der Waals surface area (Å²) in [5, 5.41) is 7.57. The van der Waals surface area contributed by atoms with Gasteiger partial charge in [-0.3, -0.25) is 4.79 Å². The molecule has 1 aliphatic carbocycles. The smallest absolute Gasteiger partial charge is 0.251 e. The van der Waals surface area contributed by atoms with Crippen molar-refractivity contribution in [2.75, 3.05) is 11.9 Å². The molecule has 4 heteroatoms. The van der Waals surface area contributed by atoms with E-state index in [9.17, 15) is 4.79 Å². The van der Waals surface area contributed by atoms with Gasteiger partial charge in [0.25, 0.3) is 5.91 Å². The maximum absolute atomic E-state index is 12.4. The Bertz CT molecular complexity index is 808. The fourth-order valence-electron chi connectivity index (χ4n) is 4.49. The zero-order valence-electron chi connectivity index (χ0n) is 17.8. The molecule has 0 atom stereocenters. The molecule has 0 radical (unpaired) electrons. The van der Waals surface area contributed by atoms with Crippen LogP contribution >= 0.6 is 11.6 Å². The molecule has 29 heavy (non-hydrogen) atoms. The van der Waals surface area contributed by atoms with Crippen molar-refractivity contribution in [3.05, 3.63) is 64.7 Å². The Kier molecular flexibility index (Phi) is 7.23. The molecule has 0 aromatic heterocycles. The summed E-state index contributed by atoms with van der Waals surface area (Å²) in [7, 11) is 0. The molecule has 1 fully saturated rings. The highest BCUT2D eigenvalue weighted by Crippen LogP contribution is 2.38. The van der Waals surface area contributed by atoms with Crippen LogP contribution in [0.15, 0.2) is 48.5 Å². The Hall–Kier alpha value is -2.00. The summed E-state index contributed by atoms with van der Waals surface area (Å²) >= 11 is 6.00.